The SMILES string of the molecule is COc1ccccc1Oc1cc(-c2ccc(C(=O)NCc3ccc(SC)cc3)cc2)ncn1. The van der Waals surface area contributed by atoms with Gasteiger partial charge >= 0.3 is 0 Å². The number of carbonyl (C=O) groups excluding carboxylic acids is 1. The topological polar surface area (TPSA) is 73.3 Å². The molecule has 166 valence electrons. The number of amides is 1. The van der Waals surface area contributed by atoms with Crippen molar-refractivity contribution in [3.05, 3.63) is 96.3 Å². The number of nitrogens with zero attached hydrogens (tertiary/aromatic N) is 2. The van der Waals surface area contributed by atoms with Gasteiger partial charge in [0, 0.05) is 28.6 Å². The molecule has 0 spiro atoms. The molecule has 0 aliphatic carbocycles. The second-order valence-corrected chi connectivity index (χ2v) is 7.98. The van der Waals surface area contributed by atoms with Crippen molar-refractivity contribution in [1.82, 2.24) is 15.3 Å². The number of rotatable bonds is 8. The molecule has 1 aromatic heterocycles. The van der Waals surface area contributed by atoms with E-state index in [1.54, 1.807) is 37.1 Å². The van der Waals surface area contributed by atoms with Crippen LogP contribution in [0.2, 0.25) is 0 Å². The first-order chi connectivity index (χ1) is 16.2. The van der Waals surface area contributed by atoms with E-state index in [9.17, 15) is 4.79 Å². The van der Waals surface area contributed by atoms with E-state index >= 15 is 0 Å². The van der Waals surface area contributed by atoms with Crippen LogP contribution in [0.5, 0.6) is 17.4 Å². The van der Waals surface area contributed by atoms with Gasteiger partial charge in [0.1, 0.15) is 6.33 Å². The summed E-state index contributed by atoms with van der Waals surface area (Å²) in [6.07, 6.45) is 3.49. The smallest absolute Gasteiger partial charge is 0.251 e. The minimum Gasteiger partial charge on any atom is -0.493 e. The highest BCUT2D eigenvalue weighted by Crippen LogP contribution is 2.31. The van der Waals surface area contributed by atoms with Crippen LogP contribution in [0.15, 0.2) is 90.1 Å². The van der Waals surface area contributed by atoms with Gasteiger partial charge in [-0.3, -0.25) is 4.79 Å². The maximum Gasteiger partial charge on any atom is 0.251 e. The fourth-order valence-electron chi connectivity index (χ4n) is 3.19. The third kappa shape index (κ3) is 5.70. The van der Waals surface area contributed by atoms with Crippen LogP contribution in [-0.4, -0.2) is 29.2 Å². The van der Waals surface area contributed by atoms with Crippen LogP contribution in [0, 0.1) is 0 Å². The Morgan fingerprint density at radius 2 is 1.67 bits per heavy atom. The van der Waals surface area contributed by atoms with Gasteiger partial charge in [-0.2, -0.15) is 0 Å². The molecule has 33 heavy (non-hydrogen) atoms. The lowest BCUT2D eigenvalue weighted by Gasteiger charge is -2.10. The molecule has 4 rings (SSSR count). The third-order valence-electron chi connectivity index (χ3n) is 4.98. The molecule has 0 fully saturated rings. The van der Waals surface area contributed by atoms with Gasteiger partial charge in [-0.1, -0.05) is 36.4 Å². The minimum atomic E-state index is -0.127. The van der Waals surface area contributed by atoms with Gasteiger partial charge in [0.05, 0.1) is 12.8 Å². The summed E-state index contributed by atoms with van der Waals surface area (Å²) >= 11 is 1.69. The molecule has 7 heteroatoms. The summed E-state index contributed by atoms with van der Waals surface area (Å²) in [5, 5.41) is 2.96. The number of methoxy groups -OCH3 is 1. The highest BCUT2D eigenvalue weighted by molar-refractivity contribution is 7.98. The number of para-hydroxylation sites is 2. The lowest BCUT2D eigenvalue weighted by Crippen LogP contribution is -2.22. The van der Waals surface area contributed by atoms with Gasteiger partial charge in [-0.25, -0.2) is 9.97 Å². The molecule has 1 amide bonds. The fourth-order valence-corrected chi connectivity index (χ4v) is 3.60. The fraction of sp³-hybridized carbons (Fsp3) is 0.115. The number of ether oxygens (including phenoxy) is 2. The van der Waals surface area contributed by atoms with Crippen LogP contribution in [-0.2, 0) is 6.54 Å². The number of benzene rings is 3. The van der Waals surface area contributed by atoms with Gasteiger partial charge in [0.2, 0.25) is 5.88 Å². The van der Waals surface area contributed by atoms with Crippen LogP contribution < -0.4 is 14.8 Å². The first-order valence-electron chi connectivity index (χ1n) is 10.3. The predicted molar refractivity (Wildman–Crippen MR) is 130 cm³/mol. The molecule has 4 aromatic rings. The van der Waals surface area contributed by atoms with E-state index < -0.39 is 0 Å². The second-order valence-electron chi connectivity index (χ2n) is 7.10. The Hall–Kier alpha value is -3.84. The van der Waals surface area contributed by atoms with Crippen molar-refractivity contribution < 1.29 is 14.3 Å². The molecular weight excluding hydrogens is 434 g/mol. The average Bonchev–Trinajstić information content (AvgIpc) is 2.88. The molecule has 0 atom stereocenters. The van der Waals surface area contributed by atoms with E-state index in [0.717, 1.165) is 11.1 Å². The Labute approximate surface area is 197 Å². The van der Waals surface area contributed by atoms with E-state index in [1.165, 1.54) is 11.2 Å². The lowest BCUT2D eigenvalue weighted by atomic mass is 10.1. The molecule has 0 aliphatic rings. The van der Waals surface area contributed by atoms with Crippen LogP contribution >= 0.6 is 11.8 Å². The Kier molecular flexibility index (Phi) is 7.22. The largest absolute Gasteiger partial charge is 0.493 e. The maximum absolute atomic E-state index is 12.5. The number of thioether (sulfide) groups is 1. The molecule has 0 aliphatic heterocycles. The van der Waals surface area contributed by atoms with Crippen LogP contribution in [0.3, 0.4) is 0 Å². The molecule has 0 saturated carbocycles. The highest BCUT2D eigenvalue weighted by Gasteiger charge is 2.10. The molecule has 0 bridgehead atoms. The first kappa shape index (κ1) is 22.4. The monoisotopic (exact) mass is 457 g/mol. The lowest BCUT2D eigenvalue weighted by molar-refractivity contribution is 0.0951. The zero-order valence-electron chi connectivity index (χ0n) is 18.3. The number of aromatic nitrogens is 2. The van der Waals surface area contributed by atoms with Gasteiger partial charge in [-0.05, 0) is 48.2 Å². The normalized spacial score (nSPS) is 10.5. The summed E-state index contributed by atoms with van der Waals surface area (Å²) in [7, 11) is 1.59. The Morgan fingerprint density at radius 3 is 2.36 bits per heavy atom. The molecule has 1 heterocycles. The number of carbonyl (C=O) groups is 1. The van der Waals surface area contributed by atoms with Crippen molar-refractivity contribution in [2.75, 3.05) is 13.4 Å². The predicted octanol–water partition coefficient (Wildman–Crippen LogP) is 5.60. The van der Waals surface area contributed by atoms with Crippen molar-refractivity contribution in [2.24, 2.45) is 0 Å². The van der Waals surface area contributed by atoms with Gasteiger partial charge < -0.3 is 14.8 Å². The number of nitrogens with one attached hydrogen (secondary N) is 1. The molecule has 0 unspecified atom stereocenters. The molecule has 1 N–H and O–H groups in total. The number of hydrogen-bond acceptors (Lipinski definition) is 6. The molecule has 3 aromatic carbocycles. The quantitative estimate of drug-likeness (QED) is 0.347. The van der Waals surface area contributed by atoms with Crippen molar-refractivity contribution in [2.45, 2.75) is 11.4 Å². The molecule has 0 radical (unpaired) electrons. The Balaban J connectivity index is 1.42. The van der Waals surface area contributed by atoms with Crippen LogP contribution in [0.4, 0.5) is 0 Å². The standard InChI is InChI=1S/C26H23N3O3S/c1-31-23-5-3-4-6-24(23)32-25-15-22(28-17-29-25)19-9-11-20(12-10-19)26(30)27-16-18-7-13-21(33-2)14-8-18/h3-15,17H,16H2,1-2H3,(H,27,30). The molecule has 6 nitrogen and oxygen atoms in total. The van der Waals surface area contributed by atoms with E-state index in [1.807, 2.05) is 54.8 Å². The third-order valence-corrected chi connectivity index (χ3v) is 5.72. The zero-order chi connectivity index (χ0) is 23.0. The summed E-state index contributed by atoms with van der Waals surface area (Å²) in [5.74, 6) is 1.46. The van der Waals surface area contributed by atoms with Crippen molar-refractivity contribution >= 4 is 17.7 Å². The van der Waals surface area contributed by atoms with Gasteiger partial charge in [0.15, 0.2) is 11.5 Å². The highest BCUT2D eigenvalue weighted by atomic mass is 32.2. The summed E-state index contributed by atoms with van der Waals surface area (Å²) in [4.78, 5) is 22.3. The summed E-state index contributed by atoms with van der Waals surface area (Å²) in [6, 6.07) is 24.5. The first-order valence-corrected chi connectivity index (χ1v) is 11.5. The summed E-state index contributed by atoms with van der Waals surface area (Å²) in [6.45, 7) is 0.477. The second kappa shape index (κ2) is 10.7. The van der Waals surface area contributed by atoms with Gasteiger partial charge in [-0.15, -0.1) is 11.8 Å². The van der Waals surface area contributed by atoms with E-state index in [4.69, 9.17) is 9.47 Å². The van der Waals surface area contributed by atoms with Crippen LogP contribution in [0.25, 0.3) is 11.3 Å². The zero-order valence-corrected chi connectivity index (χ0v) is 19.1. The van der Waals surface area contributed by atoms with Crippen molar-refractivity contribution in [3.63, 3.8) is 0 Å². The Bertz CT molecular complexity index is 1230. The molecular formula is C26H23N3O3S. The number of hydrogen-bond donors (Lipinski definition) is 1. The maximum atomic E-state index is 12.5. The van der Waals surface area contributed by atoms with E-state index in [-0.39, 0.29) is 5.91 Å². The minimum absolute atomic E-state index is 0.127. The van der Waals surface area contributed by atoms with Crippen molar-refractivity contribution in [1.29, 1.82) is 0 Å². The average molecular weight is 458 g/mol. The summed E-state index contributed by atoms with van der Waals surface area (Å²) in [5.41, 5.74) is 3.18. The Morgan fingerprint density at radius 1 is 0.939 bits per heavy atom. The molecule has 0 saturated heterocycles. The van der Waals surface area contributed by atoms with E-state index in [0.29, 0.717) is 35.2 Å². The van der Waals surface area contributed by atoms with Crippen LogP contribution in [0.1, 0.15) is 15.9 Å². The summed E-state index contributed by atoms with van der Waals surface area (Å²) < 4.78 is 11.2. The van der Waals surface area contributed by atoms with E-state index in [2.05, 4.69) is 27.4 Å². The van der Waals surface area contributed by atoms with Gasteiger partial charge in [0.25, 0.3) is 5.91 Å². The van der Waals surface area contributed by atoms with Crippen molar-refractivity contribution in [3.8, 4) is 28.6 Å².